The Hall–Kier alpha value is -1.08. The third kappa shape index (κ3) is 3.88. The highest BCUT2D eigenvalue weighted by Gasteiger charge is 2.23. The van der Waals surface area contributed by atoms with E-state index in [0.717, 1.165) is 25.8 Å². The Labute approximate surface area is 91.2 Å². The van der Waals surface area contributed by atoms with Crippen molar-refractivity contribution in [2.24, 2.45) is 0 Å². The summed E-state index contributed by atoms with van der Waals surface area (Å²) in [5.41, 5.74) is 0. The molecule has 0 aromatic carbocycles. The van der Waals surface area contributed by atoms with E-state index in [1.807, 2.05) is 18.7 Å². The molecule has 4 heteroatoms. The van der Waals surface area contributed by atoms with Crippen molar-refractivity contribution in [3.63, 3.8) is 0 Å². The molecular formula is C11H19N3O. The van der Waals surface area contributed by atoms with Crippen molar-refractivity contribution in [3.8, 4) is 6.07 Å². The maximum absolute atomic E-state index is 11.5. The third-order valence-electron chi connectivity index (χ3n) is 2.56. The summed E-state index contributed by atoms with van der Waals surface area (Å²) in [6.07, 6.45) is 3.08. The van der Waals surface area contributed by atoms with Crippen LogP contribution in [0.5, 0.6) is 0 Å². The van der Waals surface area contributed by atoms with Gasteiger partial charge in [-0.2, -0.15) is 5.26 Å². The second-order valence-electron chi connectivity index (χ2n) is 4.33. The van der Waals surface area contributed by atoms with Crippen LogP contribution in [0, 0.1) is 11.3 Å². The first kappa shape index (κ1) is 12.0. The van der Waals surface area contributed by atoms with Crippen LogP contribution in [0.15, 0.2) is 0 Å². The van der Waals surface area contributed by atoms with E-state index in [-0.39, 0.29) is 18.0 Å². The average Bonchev–Trinajstić information content (AvgIpc) is 2.17. The van der Waals surface area contributed by atoms with Crippen molar-refractivity contribution in [2.75, 3.05) is 13.1 Å². The van der Waals surface area contributed by atoms with E-state index in [0.29, 0.717) is 6.54 Å². The zero-order chi connectivity index (χ0) is 11.3. The van der Waals surface area contributed by atoms with Crippen LogP contribution in [0.3, 0.4) is 0 Å². The molecule has 15 heavy (non-hydrogen) atoms. The Balaban J connectivity index is 2.42. The smallest absolute Gasteiger partial charge is 0.234 e. The highest BCUT2D eigenvalue weighted by Crippen LogP contribution is 2.15. The van der Waals surface area contributed by atoms with Gasteiger partial charge in [-0.25, -0.2) is 0 Å². The minimum Gasteiger partial charge on any atom is -0.353 e. The molecule has 1 saturated heterocycles. The molecule has 0 saturated carbocycles. The molecule has 1 fully saturated rings. The first-order chi connectivity index (χ1) is 7.13. The van der Waals surface area contributed by atoms with Gasteiger partial charge in [-0.15, -0.1) is 0 Å². The molecule has 1 unspecified atom stereocenters. The number of hydrogen-bond acceptors (Lipinski definition) is 3. The molecule has 0 aromatic heterocycles. The lowest BCUT2D eigenvalue weighted by atomic mass is 10.0. The number of nitriles is 1. The Morgan fingerprint density at radius 3 is 2.93 bits per heavy atom. The molecule has 0 aliphatic carbocycles. The number of carbonyl (C=O) groups is 1. The summed E-state index contributed by atoms with van der Waals surface area (Å²) in [6.45, 7) is 5.10. The predicted molar refractivity (Wildman–Crippen MR) is 58.1 cm³/mol. The normalized spacial score (nSPS) is 22.4. The molecule has 0 spiro atoms. The zero-order valence-electron chi connectivity index (χ0n) is 9.49. The Kier molecular flexibility index (Phi) is 4.57. The van der Waals surface area contributed by atoms with Gasteiger partial charge < -0.3 is 5.32 Å². The lowest BCUT2D eigenvalue weighted by Crippen LogP contribution is -2.46. The van der Waals surface area contributed by atoms with Crippen molar-refractivity contribution in [2.45, 2.75) is 45.2 Å². The first-order valence-electron chi connectivity index (χ1n) is 5.56. The van der Waals surface area contributed by atoms with E-state index in [9.17, 15) is 4.79 Å². The van der Waals surface area contributed by atoms with Crippen LogP contribution in [0.25, 0.3) is 0 Å². The largest absolute Gasteiger partial charge is 0.353 e. The van der Waals surface area contributed by atoms with E-state index < -0.39 is 0 Å². The fourth-order valence-corrected chi connectivity index (χ4v) is 1.88. The number of hydrogen-bond donors (Lipinski definition) is 1. The van der Waals surface area contributed by atoms with Gasteiger partial charge in [-0.3, -0.25) is 9.69 Å². The standard InChI is InChI=1S/C11H19N3O/c1-9(2)13-11(15)8-14-6-4-3-5-10(14)7-12/h9-10H,3-6,8H2,1-2H3,(H,13,15). The van der Waals surface area contributed by atoms with E-state index in [1.54, 1.807) is 0 Å². The molecule has 1 heterocycles. The number of amides is 1. The molecular weight excluding hydrogens is 190 g/mol. The van der Waals surface area contributed by atoms with Gasteiger partial charge in [0.05, 0.1) is 18.7 Å². The van der Waals surface area contributed by atoms with Crippen LogP contribution in [0.1, 0.15) is 33.1 Å². The van der Waals surface area contributed by atoms with Crippen LogP contribution in [0.4, 0.5) is 0 Å². The quantitative estimate of drug-likeness (QED) is 0.751. The number of nitrogens with zero attached hydrogens (tertiary/aromatic N) is 2. The van der Waals surface area contributed by atoms with Crippen LogP contribution in [0.2, 0.25) is 0 Å². The van der Waals surface area contributed by atoms with Crippen LogP contribution >= 0.6 is 0 Å². The lowest BCUT2D eigenvalue weighted by molar-refractivity contribution is -0.123. The number of carbonyl (C=O) groups excluding carboxylic acids is 1. The molecule has 1 aliphatic rings. The van der Waals surface area contributed by atoms with Crippen molar-refractivity contribution in [3.05, 3.63) is 0 Å². The number of piperidine rings is 1. The lowest BCUT2D eigenvalue weighted by Gasteiger charge is -2.30. The van der Waals surface area contributed by atoms with E-state index in [2.05, 4.69) is 11.4 Å². The molecule has 0 bridgehead atoms. The third-order valence-corrected chi connectivity index (χ3v) is 2.56. The van der Waals surface area contributed by atoms with Crippen molar-refractivity contribution >= 4 is 5.91 Å². The number of likely N-dealkylation sites (tertiary alicyclic amines) is 1. The van der Waals surface area contributed by atoms with Gasteiger partial charge in [0.2, 0.25) is 5.91 Å². The van der Waals surface area contributed by atoms with Crippen molar-refractivity contribution in [1.82, 2.24) is 10.2 Å². The van der Waals surface area contributed by atoms with Crippen LogP contribution < -0.4 is 5.32 Å². The molecule has 1 N–H and O–H groups in total. The van der Waals surface area contributed by atoms with E-state index in [4.69, 9.17) is 5.26 Å². The zero-order valence-corrected chi connectivity index (χ0v) is 9.49. The summed E-state index contributed by atoms with van der Waals surface area (Å²) >= 11 is 0. The van der Waals surface area contributed by atoms with E-state index >= 15 is 0 Å². The Morgan fingerprint density at radius 1 is 1.60 bits per heavy atom. The predicted octanol–water partition coefficient (Wildman–Crippen LogP) is 0.889. The van der Waals surface area contributed by atoms with Crippen LogP contribution in [-0.4, -0.2) is 36.0 Å². The summed E-state index contributed by atoms with van der Waals surface area (Å²) in [4.78, 5) is 13.5. The Morgan fingerprint density at radius 2 is 2.33 bits per heavy atom. The molecule has 4 nitrogen and oxygen atoms in total. The van der Waals surface area contributed by atoms with E-state index in [1.165, 1.54) is 0 Å². The van der Waals surface area contributed by atoms with Crippen LogP contribution in [-0.2, 0) is 4.79 Å². The maximum Gasteiger partial charge on any atom is 0.234 e. The molecule has 1 atom stereocenters. The minimum atomic E-state index is -0.0725. The topological polar surface area (TPSA) is 56.1 Å². The molecule has 0 radical (unpaired) electrons. The summed E-state index contributed by atoms with van der Waals surface area (Å²) in [5.74, 6) is 0.0205. The summed E-state index contributed by atoms with van der Waals surface area (Å²) in [6, 6.07) is 2.36. The first-order valence-corrected chi connectivity index (χ1v) is 5.56. The number of nitrogens with one attached hydrogen (secondary N) is 1. The minimum absolute atomic E-state index is 0.0205. The van der Waals surface area contributed by atoms with Gasteiger partial charge in [0.15, 0.2) is 0 Å². The van der Waals surface area contributed by atoms with Gasteiger partial charge in [-0.05, 0) is 39.7 Å². The summed E-state index contributed by atoms with van der Waals surface area (Å²) < 4.78 is 0. The van der Waals surface area contributed by atoms with Gasteiger partial charge in [0.1, 0.15) is 0 Å². The Bertz CT molecular complexity index is 257. The molecule has 0 aromatic rings. The van der Waals surface area contributed by atoms with Gasteiger partial charge in [0.25, 0.3) is 0 Å². The highest BCUT2D eigenvalue weighted by molar-refractivity contribution is 5.78. The second kappa shape index (κ2) is 5.72. The molecule has 1 aliphatic heterocycles. The summed E-state index contributed by atoms with van der Waals surface area (Å²) in [7, 11) is 0. The molecule has 1 rings (SSSR count). The monoisotopic (exact) mass is 209 g/mol. The highest BCUT2D eigenvalue weighted by atomic mass is 16.2. The SMILES string of the molecule is CC(C)NC(=O)CN1CCCCC1C#N. The fraction of sp³-hybridized carbons (Fsp3) is 0.818. The average molecular weight is 209 g/mol. The van der Waals surface area contributed by atoms with Gasteiger partial charge >= 0.3 is 0 Å². The summed E-state index contributed by atoms with van der Waals surface area (Å²) in [5, 5.41) is 11.8. The molecule has 1 amide bonds. The maximum atomic E-state index is 11.5. The molecule has 84 valence electrons. The number of rotatable bonds is 3. The fourth-order valence-electron chi connectivity index (χ4n) is 1.88. The second-order valence-corrected chi connectivity index (χ2v) is 4.33. The van der Waals surface area contributed by atoms with Crippen molar-refractivity contribution < 1.29 is 4.79 Å². The van der Waals surface area contributed by atoms with Crippen molar-refractivity contribution in [1.29, 1.82) is 5.26 Å². The van der Waals surface area contributed by atoms with Gasteiger partial charge in [0, 0.05) is 6.04 Å². The van der Waals surface area contributed by atoms with Gasteiger partial charge in [-0.1, -0.05) is 0 Å².